The summed E-state index contributed by atoms with van der Waals surface area (Å²) in [6.45, 7) is 10.9. The molecule has 5 heteroatoms. The number of anilines is 1. The van der Waals surface area contributed by atoms with E-state index in [9.17, 15) is 4.79 Å². The maximum absolute atomic E-state index is 12.9. The van der Waals surface area contributed by atoms with Crippen molar-refractivity contribution in [1.82, 2.24) is 10.2 Å². The van der Waals surface area contributed by atoms with Crippen LogP contribution < -0.4 is 10.2 Å². The van der Waals surface area contributed by atoms with Gasteiger partial charge in [-0.05, 0) is 31.9 Å². The van der Waals surface area contributed by atoms with Gasteiger partial charge in [-0.1, -0.05) is 31.5 Å². The second kappa shape index (κ2) is 6.76. The van der Waals surface area contributed by atoms with Crippen molar-refractivity contribution in [3.8, 4) is 0 Å². The quantitative estimate of drug-likeness (QED) is 0.885. The molecule has 5 nitrogen and oxygen atoms in total. The van der Waals surface area contributed by atoms with Crippen molar-refractivity contribution in [2.45, 2.75) is 45.8 Å². The Hall–Kier alpha value is -1.75. The predicted octanol–water partition coefficient (Wildman–Crippen LogP) is 3.03. The zero-order valence-corrected chi connectivity index (χ0v) is 16.2. The number of nitrogens with one attached hydrogen (secondary N) is 1. The van der Waals surface area contributed by atoms with Gasteiger partial charge in [0.2, 0.25) is 0 Å². The van der Waals surface area contributed by atoms with E-state index in [4.69, 9.17) is 4.74 Å². The van der Waals surface area contributed by atoms with Crippen LogP contribution in [-0.4, -0.2) is 55.9 Å². The molecule has 26 heavy (non-hydrogen) atoms. The second-order valence-corrected chi connectivity index (χ2v) is 8.66. The average molecular weight is 357 g/mol. The number of nitrogens with zero attached hydrogens (tertiary/aromatic N) is 2. The van der Waals surface area contributed by atoms with E-state index in [0.717, 1.165) is 45.6 Å². The first kappa shape index (κ1) is 17.7. The van der Waals surface area contributed by atoms with Crippen molar-refractivity contribution in [2.75, 3.05) is 37.7 Å². The fourth-order valence-corrected chi connectivity index (χ4v) is 4.98. The first-order valence-electron chi connectivity index (χ1n) is 9.95. The molecule has 2 aliphatic heterocycles. The van der Waals surface area contributed by atoms with E-state index in [0.29, 0.717) is 12.0 Å². The first-order valence-corrected chi connectivity index (χ1v) is 9.95. The fraction of sp³-hybridized carbons (Fsp3) is 0.667. The molecule has 2 heterocycles. The van der Waals surface area contributed by atoms with Gasteiger partial charge < -0.3 is 19.9 Å². The van der Waals surface area contributed by atoms with E-state index in [2.05, 4.69) is 55.3 Å². The van der Waals surface area contributed by atoms with Crippen molar-refractivity contribution < 1.29 is 9.53 Å². The summed E-state index contributed by atoms with van der Waals surface area (Å²) < 4.78 is 5.84. The standard InChI is InChI=1S/C21H31N3O2/c1-15-5-7-16(8-6-15)23-10-4-11-24(13-12-23)20(25)22-18-17-9-14-26-19(17)21(18,2)3/h5-8,17-19H,4,9-14H2,1-3H3,(H,22,25). The molecule has 3 atom stereocenters. The first-order chi connectivity index (χ1) is 12.5. The van der Waals surface area contributed by atoms with Gasteiger partial charge in [-0.2, -0.15) is 0 Å². The summed E-state index contributed by atoms with van der Waals surface area (Å²) >= 11 is 0. The number of aryl methyl sites for hydroxylation is 1. The number of carbonyl (C=O) groups excluding carboxylic acids is 1. The number of benzene rings is 1. The lowest BCUT2D eigenvalue weighted by Gasteiger charge is -2.54. The summed E-state index contributed by atoms with van der Waals surface area (Å²) in [5, 5.41) is 3.33. The minimum absolute atomic E-state index is 0.0383. The van der Waals surface area contributed by atoms with Crippen LogP contribution in [0.1, 0.15) is 32.3 Å². The second-order valence-electron chi connectivity index (χ2n) is 8.66. The minimum atomic E-state index is 0.0383. The monoisotopic (exact) mass is 357 g/mol. The number of hydrogen-bond donors (Lipinski definition) is 1. The third kappa shape index (κ3) is 3.07. The molecule has 1 aromatic carbocycles. The Morgan fingerprint density at radius 2 is 1.92 bits per heavy atom. The third-order valence-corrected chi connectivity index (χ3v) is 6.56. The minimum Gasteiger partial charge on any atom is -0.377 e. The van der Waals surface area contributed by atoms with Gasteiger partial charge >= 0.3 is 6.03 Å². The topological polar surface area (TPSA) is 44.8 Å². The maximum atomic E-state index is 12.9. The highest BCUT2D eigenvalue weighted by Crippen LogP contribution is 2.52. The summed E-state index contributed by atoms with van der Waals surface area (Å²) in [7, 11) is 0. The number of amides is 2. The van der Waals surface area contributed by atoms with Crippen LogP contribution in [0, 0.1) is 18.3 Å². The van der Waals surface area contributed by atoms with Gasteiger partial charge in [-0.25, -0.2) is 4.79 Å². The Morgan fingerprint density at radius 1 is 1.15 bits per heavy atom. The Morgan fingerprint density at radius 3 is 2.69 bits per heavy atom. The zero-order chi connectivity index (χ0) is 18.3. The molecule has 0 bridgehead atoms. The van der Waals surface area contributed by atoms with Crippen LogP contribution in [0.25, 0.3) is 0 Å². The molecule has 1 aromatic rings. The van der Waals surface area contributed by atoms with Gasteiger partial charge in [0.05, 0.1) is 6.10 Å². The normalized spacial score (nSPS) is 30.3. The molecule has 3 unspecified atom stereocenters. The number of rotatable bonds is 2. The van der Waals surface area contributed by atoms with Crippen molar-refractivity contribution >= 4 is 11.7 Å². The van der Waals surface area contributed by atoms with Crippen LogP contribution in [0.5, 0.6) is 0 Å². The van der Waals surface area contributed by atoms with Crippen LogP contribution in [0.2, 0.25) is 0 Å². The Balaban J connectivity index is 1.35. The van der Waals surface area contributed by atoms with Gasteiger partial charge in [-0.3, -0.25) is 0 Å². The summed E-state index contributed by atoms with van der Waals surface area (Å²) in [6.07, 6.45) is 2.39. The summed E-state index contributed by atoms with van der Waals surface area (Å²) in [6, 6.07) is 9.01. The number of hydrogen-bond acceptors (Lipinski definition) is 3. The van der Waals surface area contributed by atoms with Gasteiger partial charge in [0.1, 0.15) is 0 Å². The lowest BCUT2D eigenvalue weighted by atomic mass is 9.57. The molecule has 0 spiro atoms. The maximum Gasteiger partial charge on any atom is 0.317 e. The lowest BCUT2D eigenvalue weighted by molar-refractivity contribution is -0.109. The molecule has 1 aliphatic carbocycles. The van der Waals surface area contributed by atoms with Crippen molar-refractivity contribution in [2.24, 2.45) is 11.3 Å². The summed E-state index contributed by atoms with van der Waals surface area (Å²) in [5.74, 6) is 0.491. The van der Waals surface area contributed by atoms with E-state index in [1.165, 1.54) is 11.3 Å². The van der Waals surface area contributed by atoms with Crippen LogP contribution >= 0.6 is 0 Å². The van der Waals surface area contributed by atoms with Gasteiger partial charge in [0, 0.05) is 55.8 Å². The summed E-state index contributed by atoms with van der Waals surface area (Å²) in [4.78, 5) is 17.3. The molecule has 0 radical (unpaired) electrons. The molecule has 2 saturated heterocycles. The molecular weight excluding hydrogens is 326 g/mol. The molecular formula is C21H31N3O2. The van der Waals surface area contributed by atoms with Gasteiger partial charge in [-0.15, -0.1) is 0 Å². The SMILES string of the molecule is Cc1ccc(N2CCCN(C(=O)NC3C4CCOC4C3(C)C)CC2)cc1. The summed E-state index contributed by atoms with van der Waals surface area (Å²) in [5.41, 5.74) is 2.57. The molecule has 142 valence electrons. The highest BCUT2D eigenvalue weighted by Gasteiger charge is 2.60. The molecule has 1 N–H and O–H groups in total. The van der Waals surface area contributed by atoms with Crippen molar-refractivity contribution in [1.29, 1.82) is 0 Å². The Kier molecular flexibility index (Phi) is 4.59. The predicted molar refractivity (Wildman–Crippen MR) is 104 cm³/mol. The zero-order valence-electron chi connectivity index (χ0n) is 16.2. The fourth-order valence-electron chi connectivity index (χ4n) is 4.98. The molecule has 3 aliphatic rings. The van der Waals surface area contributed by atoms with Crippen molar-refractivity contribution in [3.63, 3.8) is 0 Å². The smallest absolute Gasteiger partial charge is 0.317 e. The van der Waals surface area contributed by atoms with Crippen LogP contribution in [-0.2, 0) is 4.74 Å². The molecule has 0 aromatic heterocycles. The Labute approximate surface area is 156 Å². The van der Waals surface area contributed by atoms with E-state index in [1.807, 2.05) is 4.90 Å². The molecule has 1 saturated carbocycles. The van der Waals surface area contributed by atoms with Crippen LogP contribution in [0.4, 0.5) is 10.5 Å². The van der Waals surface area contributed by atoms with Gasteiger partial charge in [0.25, 0.3) is 0 Å². The van der Waals surface area contributed by atoms with Crippen molar-refractivity contribution in [3.05, 3.63) is 29.8 Å². The van der Waals surface area contributed by atoms with E-state index < -0.39 is 0 Å². The highest BCUT2D eigenvalue weighted by atomic mass is 16.5. The highest BCUT2D eigenvalue weighted by molar-refractivity contribution is 5.75. The third-order valence-electron chi connectivity index (χ3n) is 6.56. The molecule has 2 amide bonds. The average Bonchev–Trinajstić information content (AvgIpc) is 2.94. The lowest BCUT2D eigenvalue weighted by Crippen LogP contribution is -2.68. The molecule has 3 fully saturated rings. The van der Waals surface area contributed by atoms with E-state index >= 15 is 0 Å². The number of carbonyl (C=O) groups is 1. The van der Waals surface area contributed by atoms with Gasteiger partial charge in [0.15, 0.2) is 0 Å². The van der Waals surface area contributed by atoms with E-state index in [1.54, 1.807) is 0 Å². The molecule has 4 rings (SSSR count). The number of fused-ring (bicyclic) bond motifs is 1. The Bertz CT molecular complexity index is 658. The number of urea groups is 1. The largest absolute Gasteiger partial charge is 0.377 e. The van der Waals surface area contributed by atoms with Crippen LogP contribution in [0.3, 0.4) is 0 Å². The van der Waals surface area contributed by atoms with Crippen LogP contribution in [0.15, 0.2) is 24.3 Å². The van der Waals surface area contributed by atoms with E-state index in [-0.39, 0.29) is 17.5 Å². The number of ether oxygens (including phenoxy) is 1.